The summed E-state index contributed by atoms with van der Waals surface area (Å²) in [6.07, 6.45) is 0.977. The van der Waals surface area contributed by atoms with Gasteiger partial charge in [-0.3, -0.25) is 9.69 Å². The molecule has 0 bridgehead atoms. The van der Waals surface area contributed by atoms with Crippen LogP contribution in [0.25, 0.3) is 0 Å². The van der Waals surface area contributed by atoms with Gasteiger partial charge in [0, 0.05) is 19.6 Å². The van der Waals surface area contributed by atoms with Crippen LogP contribution in [-0.2, 0) is 4.79 Å². The zero-order valence-electron chi connectivity index (χ0n) is 14.4. The van der Waals surface area contributed by atoms with Gasteiger partial charge in [-0.1, -0.05) is 12.1 Å². The molecule has 1 fully saturated rings. The second kappa shape index (κ2) is 8.35. The number of likely N-dealkylation sites (N-methyl/N-ethyl adjacent to an activating group) is 1. The van der Waals surface area contributed by atoms with E-state index in [0.717, 1.165) is 44.1 Å². The molecule has 132 valence electrons. The maximum absolute atomic E-state index is 12.6. The third kappa shape index (κ3) is 4.39. The average Bonchev–Trinajstić information content (AvgIpc) is 2.88. The minimum Gasteiger partial charge on any atom is -0.486 e. The largest absolute Gasteiger partial charge is 0.486 e. The topological polar surface area (TPSA) is 54.0 Å². The average molecular weight is 333 g/mol. The van der Waals surface area contributed by atoms with Gasteiger partial charge in [-0.2, -0.15) is 0 Å². The zero-order valence-corrected chi connectivity index (χ0v) is 14.4. The van der Waals surface area contributed by atoms with Crippen molar-refractivity contribution in [2.24, 2.45) is 0 Å². The van der Waals surface area contributed by atoms with Gasteiger partial charge in [0.15, 0.2) is 17.6 Å². The fraction of sp³-hybridized carbons (Fsp3) is 0.611. The van der Waals surface area contributed by atoms with Crippen molar-refractivity contribution in [3.8, 4) is 11.5 Å². The Kier molecular flexibility index (Phi) is 5.93. The SMILES string of the molecule is CCN(CC1COc2ccccc2O1)C(=O)CN1CCCNCC1. The first-order valence-electron chi connectivity index (χ1n) is 8.85. The number of rotatable bonds is 5. The number of hydrogen-bond donors (Lipinski definition) is 1. The molecule has 2 aliphatic heterocycles. The zero-order chi connectivity index (χ0) is 16.8. The second-order valence-corrected chi connectivity index (χ2v) is 6.31. The van der Waals surface area contributed by atoms with Crippen LogP contribution in [0.4, 0.5) is 0 Å². The van der Waals surface area contributed by atoms with Crippen molar-refractivity contribution < 1.29 is 14.3 Å². The van der Waals surface area contributed by atoms with Gasteiger partial charge in [-0.25, -0.2) is 0 Å². The molecule has 6 nitrogen and oxygen atoms in total. The minimum atomic E-state index is -0.116. The first-order chi connectivity index (χ1) is 11.8. The lowest BCUT2D eigenvalue weighted by Crippen LogP contribution is -2.47. The monoisotopic (exact) mass is 333 g/mol. The van der Waals surface area contributed by atoms with Gasteiger partial charge in [0.05, 0.1) is 13.1 Å². The van der Waals surface area contributed by atoms with Crippen molar-refractivity contribution in [2.75, 3.05) is 52.4 Å². The van der Waals surface area contributed by atoms with Crippen LogP contribution >= 0.6 is 0 Å². The number of para-hydroxylation sites is 2. The Bertz CT molecular complexity index is 544. The first-order valence-corrected chi connectivity index (χ1v) is 8.85. The summed E-state index contributed by atoms with van der Waals surface area (Å²) in [6, 6.07) is 7.67. The molecule has 1 saturated heterocycles. The summed E-state index contributed by atoms with van der Waals surface area (Å²) >= 11 is 0. The normalized spacial score (nSPS) is 21.1. The second-order valence-electron chi connectivity index (χ2n) is 6.31. The van der Waals surface area contributed by atoms with E-state index in [1.54, 1.807) is 0 Å². The van der Waals surface area contributed by atoms with Crippen LogP contribution < -0.4 is 14.8 Å². The fourth-order valence-corrected chi connectivity index (χ4v) is 3.16. The molecule has 0 radical (unpaired) electrons. The number of benzene rings is 1. The van der Waals surface area contributed by atoms with Crippen LogP contribution in [0.5, 0.6) is 11.5 Å². The predicted molar refractivity (Wildman–Crippen MR) is 92.5 cm³/mol. The van der Waals surface area contributed by atoms with Gasteiger partial charge < -0.3 is 19.7 Å². The molecule has 0 spiro atoms. The molecule has 24 heavy (non-hydrogen) atoms. The highest BCUT2D eigenvalue weighted by Gasteiger charge is 2.25. The van der Waals surface area contributed by atoms with Crippen molar-refractivity contribution in [3.05, 3.63) is 24.3 Å². The smallest absolute Gasteiger partial charge is 0.236 e. The molecular weight excluding hydrogens is 306 g/mol. The lowest BCUT2D eigenvalue weighted by molar-refractivity contribution is -0.133. The van der Waals surface area contributed by atoms with Crippen LogP contribution in [0.3, 0.4) is 0 Å². The van der Waals surface area contributed by atoms with E-state index in [-0.39, 0.29) is 12.0 Å². The van der Waals surface area contributed by atoms with E-state index >= 15 is 0 Å². The Morgan fingerprint density at radius 3 is 2.96 bits per heavy atom. The molecule has 2 heterocycles. The number of carbonyl (C=O) groups excluding carboxylic acids is 1. The van der Waals surface area contributed by atoms with Crippen LogP contribution in [0.2, 0.25) is 0 Å². The molecule has 1 N–H and O–H groups in total. The van der Waals surface area contributed by atoms with Crippen molar-refractivity contribution in [2.45, 2.75) is 19.4 Å². The Morgan fingerprint density at radius 2 is 2.12 bits per heavy atom. The third-order valence-electron chi connectivity index (χ3n) is 4.52. The van der Waals surface area contributed by atoms with E-state index < -0.39 is 0 Å². The fourth-order valence-electron chi connectivity index (χ4n) is 3.16. The molecule has 2 aliphatic rings. The van der Waals surface area contributed by atoms with E-state index in [9.17, 15) is 4.79 Å². The molecule has 1 unspecified atom stereocenters. The number of ether oxygens (including phenoxy) is 2. The quantitative estimate of drug-likeness (QED) is 0.870. The molecule has 1 aromatic rings. The van der Waals surface area contributed by atoms with Crippen molar-refractivity contribution >= 4 is 5.91 Å². The number of nitrogens with zero attached hydrogens (tertiary/aromatic N) is 2. The number of nitrogens with one attached hydrogen (secondary N) is 1. The van der Waals surface area contributed by atoms with E-state index in [4.69, 9.17) is 9.47 Å². The Labute approximate surface area is 143 Å². The van der Waals surface area contributed by atoms with E-state index in [2.05, 4.69) is 10.2 Å². The molecule has 1 amide bonds. The summed E-state index contributed by atoms with van der Waals surface area (Å²) in [5, 5.41) is 3.37. The first kappa shape index (κ1) is 17.0. The highest BCUT2D eigenvalue weighted by molar-refractivity contribution is 5.78. The van der Waals surface area contributed by atoms with Crippen molar-refractivity contribution in [1.29, 1.82) is 0 Å². The summed E-state index contributed by atoms with van der Waals surface area (Å²) in [5.74, 6) is 1.71. The van der Waals surface area contributed by atoms with E-state index in [0.29, 0.717) is 26.2 Å². The van der Waals surface area contributed by atoms with Crippen LogP contribution in [0.15, 0.2) is 24.3 Å². The molecule has 1 atom stereocenters. The molecule has 0 saturated carbocycles. The lowest BCUT2D eigenvalue weighted by atomic mass is 10.2. The maximum Gasteiger partial charge on any atom is 0.236 e. The lowest BCUT2D eigenvalue weighted by Gasteiger charge is -2.32. The van der Waals surface area contributed by atoms with Gasteiger partial charge in [0.25, 0.3) is 0 Å². The maximum atomic E-state index is 12.6. The van der Waals surface area contributed by atoms with Gasteiger partial charge >= 0.3 is 0 Å². The van der Waals surface area contributed by atoms with Crippen LogP contribution in [0, 0.1) is 0 Å². The highest BCUT2D eigenvalue weighted by Crippen LogP contribution is 2.31. The number of hydrogen-bond acceptors (Lipinski definition) is 5. The summed E-state index contributed by atoms with van der Waals surface area (Å²) < 4.78 is 11.7. The number of amides is 1. The van der Waals surface area contributed by atoms with Crippen LogP contribution in [-0.4, -0.2) is 74.2 Å². The Morgan fingerprint density at radius 1 is 1.29 bits per heavy atom. The van der Waals surface area contributed by atoms with Crippen molar-refractivity contribution in [1.82, 2.24) is 15.1 Å². The standard InChI is InChI=1S/C18H27N3O3/c1-2-21(18(22)13-20-10-5-8-19-9-11-20)12-15-14-23-16-6-3-4-7-17(16)24-15/h3-4,6-7,15,19H,2,5,8-14H2,1H3. The molecule has 0 aromatic heterocycles. The predicted octanol–water partition coefficient (Wildman–Crippen LogP) is 0.970. The Hall–Kier alpha value is -1.79. The third-order valence-corrected chi connectivity index (χ3v) is 4.52. The van der Waals surface area contributed by atoms with E-state index in [1.165, 1.54) is 0 Å². The Balaban J connectivity index is 1.53. The van der Waals surface area contributed by atoms with E-state index in [1.807, 2.05) is 36.1 Å². The number of carbonyl (C=O) groups is 1. The molecule has 0 aliphatic carbocycles. The molecule has 6 heteroatoms. The van der Waals surface area contributed by atoms with Crippen molar-refractivity contribution in [3.63, 3.8) is 0 Å². The van der Waals surface area contributed by atoms with Gasteiger partial charge in [0.1, 0.15) is 6.61 Å². The summed E-state index contributed by atoms with van der Waals surface area (Å²) in [6.45, 7) is 8.13. The molecule has 1 aromatic carbocycles. The molecular formula is C18H27N3O3. The summed E-state index contributed by atoms with van der Waals surface area (Å²) in [7, 11) is 0. The van der Waals surface area contributed by atoms with Gasteiger partial charge in [-0.05, 0) is 38.6 Å². The highest BCUT2D eigenvalue weighted by atomic mass is 16.6. The number of fused-ring (bicyclic) bond motifs is 1. The minimum absolute atomic E-state index is 0.116. The summed E-state index contributed by atoms with van der Waals surface area (Å²) in [5.41, 5.74) is 0. The van der Waals surface area contributed by atoms with Gasteiger partial charge in [0.2, 0.25) is 5.91 Å². The summed E-state index contributed by atoms with van der Waals surface area (Å²) in [4.78, 5) is 16.8. The van der Waals surface area contributed by atoms with Gasteiger partial charge in [-0.15, -0.1) is 0 Å². The molecule has 3 rings (SSSR count). The van der Waals surface area contributed by atoms with Crippen LogP contribution in [0.1, 0.15) is 13.3 Å².